The molecule has 2 N–H and O–H groups in total. The third-order valence-electron chi connectivity index (χ3n) is 6.61. The highest BCUT2D eigenvalue weighted by Crippen LogP contribution is 2.51. The Morgan fingerprint density at radius 3 is 2.79 bits per heavy atom. The van der Waals surface area contributed by atoms with Gasteiger partial charge >= 0.3 is 0 Å². The molecule has 0 aromatic carbocycles. The summed E-state index contributed by atoms with van der Waals surface area (Å²) >= 11 is 0. The van der Waals surface area contributed by atoms with Crippen LogP contribution >= 0.6 is 0 Å². The first-order valence-corrected chi connectivity index (χ1v) is 10.1. The molecule has 1 aromatic rings. The number of amides is 2. The first-order valence-electron chi connectivity index (χ1n) is 10.1. The Bertz CT molecular complexity index is 753. The van der Waals surface area contributed by atoms with E-state index in [4.69, 9.17) is 0 Å². The molecular weight excluding hydrogens is 361 g/mol. The van der Waals surface area contributed by atoms with Crippen LogP contribution in [0.25, 0.3) is 0 Å². The fourth-order valence-electron chi connectivity index (χ4n) is 4.85. The molecule has 1 aliphatic carbocycles. The van der Waals surface area contributed by atoms with E-state index in [1.54, 1.807) is 13.1 Å². The van der Waals surface area contributed by atoms with Gasteiger partial charge in [-0.05, 0) is 37.0 Å². The van der Waals surface area contributed by atoms with Gasteiger partial charge in [-0.15, -0.1) is 0 Å². The van der Waals surface area contributed by atoms with Crippen molar-refractivity contribution in [2.45, 2.75) is 38.4 Å². The molecule has 2 atom stereocenters. The van der Waals surface area contributed by atoms with Crippen LogP contribution in [-0.2, 0) is 16.1 Å². The van der Waals surface area contributed by atoms with Crippen molar-refractivity contribution in [3.8, 4) is 0 Å². The van der Waals surface area contributed by atoms with Crippen LogP contribution < -0.4 is 15.5 Å². The van der Waals surface area contributed by atoms with Crippen LogP contribution in [0.2, 0.25) is 0 Å². The molecule has 0 spiro atoms. The quantitative estimate of drug-likeness (QED) is 0.798. The summed E-state index contributed by atoms with van der Waals surface area (Å²) in [5, 5.41) is 6.03. The molecule has 28 heavy (non-hydrogen) atoms. The van der Waals surface area contributed by atoms with Crippen molar-refractivity contribution in [1.29, 1.82) is 0 Å². The smallest absolute Gasteiger partial charge is 0.231 e. The number of anilines is 1. The average molecular weight is 389 g/mol. The first-order chi connectivity index (χ1) is 13.4. The van der Waals surface area contributed by atoms with Gasteiger partial charge < -0.3 is 20.4 Å². The predicted molar refractivity (Wildman–Crippen MR) is 104 cm³/mol. The molecule has 2 aliphatic heterocycles. The monoisotopic (exact) mass is 389 g/mol. The van der Waals surface area contributed by atoms with Crippen LogP contribution in [0.15, 0.2) is 18.3 Å². The summed E-state index contributed by atoms with van der Waals surface area (Å²) in [6.45, 7) is 5.48. The number of fused-ring (bicyclic) bond motifs is 1. The van der Waals surface area contributed by atoms with E-state index in [9.17, 15) is 9.59 Å². The molecule has 152 valence electrons. The minimum atomic E-state index is -1.42. The number of piperazine rings is 1. The molecule has 2 saturated heterocycles. The Kier molecular flexibility index (Phi) is 4.99. The van der Waals surface area contributed by atoms with Crippen LogP contribution in [0.5, 0.6) is 0 Å². The fourth-order valence-corrected chi connectivity index (χ4v) is 4.85. The molecule has 0 unspecified atom stereocenters. The Labute approximate surface area is 164 Å². The largest absolute Gasteiger partial charge is 0.353 e. The highest BCUT2D eigenvalue weighted by molar-refractivity contribution is 5.85. The molecule has 3 heterocycles. The van der Waals surface area contributed by atoms with Crippen LogP contribution in [0.1, 0.15) is 31.7 Å². The highest BCUT2D eigenvalue weighted by Gasteiger charge is 2.63. The van der Waals surface area contributed by atoms with E-state index in [0.717, 1.165) is 30.9 Å². The van der Waals surface area contributed by atoms with E-state index < -0.39 is 11.1 Å². The van der Waals surface area contributed by atoms with E-state index in [1.165, 1.54) is 0 Å². The minimum Gasteiger partial charge on any atom is -0.353 e. The Morgan fingerprint density at radius 1 is 1.25 bits per heavy atom. The molecule has 1 saturated carbocycles. The van der Waals surface area contributed by atoms with E-state index in [2.05, 4.69) is 20.5 Å². The van der Waals surface area contributed by atoms with Gasteiger partial charge in [-0.2, -0.15) is 0 Å². The van der Waals surface area contributed by atoms with E-state index in [-0.39, 0.29) is 18.4 Å². The van der Waals surface area contributed by atoms with Crippen molar-refractivity contribution >= 4 is 17.6 Å². The first kappa shape index (κ1) is 19.1. The van der Waals surface area contributed by atoms with Gasteiger partial charge in [0, 0.05) is 58.9 Å². The molecule has 3 aliphatic rings. The molecule has 3 fully saturated rings. The Hall–Kier alpha value is -2.22. The number of hydrogen-bond acceptors (Lipinski definition) is 5. The third-order valence-corrected chi connectivity index (χ3v) is 6.61. The molecule has 0 radical (unpaired) electrons. The zero-order chi connectivity index (χ0) is 19.8. The maximum absolute atomic E-state index is 15.2. The topological polar surface area (TPSA) is 77.6 Å². The van der Waals surface area contributed by atoms with Gasteiger partial charge in [-0.1, -0.05) is 0 Å². The molecule has 8 heteroatoms. The molecule has 1 aromatic heterocycles. The standard InChI is InChI=1S/C20H28FN5O2/c1-15(27)25-7-9-26(10-8-25)17-11-16(3-6-23-17)12-24-18(28)19-4-2-5-20(19,21)14-22-13-19/h3,6,11,22H,2,4-5,7-10,12-14H2,1H3,(H,24,28)/t19-,20-/m1/s1. The van der Waals surface area contributed by atoms with Gasteiger partial charge in [0.15, 0.2) is 0 Å². The Morgan fingerprint density at radius 2 is 2.04 bits per heavy atom. The second kappa shape index (κ2) is 7.31. The van der Waals surface area contributed by atoms with Gasteiger partial charge in [0.25, 0.3) is 0 Å². The van der Waals surface area contributed by atoms with Gasteiger partial charge in [0.1, 0.15) is 11.5 Å². The molecule has 7 nitrogen and oxygen atoms in total. The summed E-state index contributed by atoms with van der Waals surface area (Å²) in [4.78, 5) is 32.8. The number of halogens is 1. The normalized spacial score (nSPS) is 29.6. The molecule has 0 bridgehead atoms. The lowest BCUT2D eigenvalue weighted by Crippen LogP contribution is -2.50. The number of rotatable bonds is 4. The lowest BCUT2D eigenvalue weighted by molar-refractivity contribution is -0.135. The van der Waals surface area contributed by atoms with Crippen LogP contribution in [0.3, 0.4) is 0 Å². The summed E-state index contributed by atoms with van der Waals surface area (Å²) < 4.78 is 15.2. The number of alkyl halides is 1. The summed E-state index contributed by atoms with van der Waals surface area (Å²) in [5.41, 5.74) is -1.40. The second-order valence-corrected chi connectivity index (χ2v) is 8.20. The van der Waals surface area contributed by atoms with Crippen LogP contribution in [0, 0.1) is 5.41 Å². The number of nitrogens with one attached hydrogen (secondary N) is 2. The van der Waals surface area contributed by atoms with E-state index >= 15 is 4.39 Å². The van der Waals surface area contributed by atoms with Crippen molar-refractivity contribution in [2.24, 2.45) is 5.41 Å². The number of nitrogens with zero attached hydrogens (tertiary/aromatic N) is 3. The molecule has 4 rings (SSSR count). The van der Waals surface area contributed by atoms with Crippen LogP contribution in [0.4, 0.5) is 10.2 Å². The average Bonchev–Trinajstić information content (AvgIpc) is 3.20. The fraction of sp³-hybridized carbons (Fsp3) is 0.650. The third kappa shape index (κ3) is 3.23. The molecular formula is C20H28FN5O2. The predicted octanol–water partition coefficient (Wildman–Crippen LogP) is 0.848. The van der Waals surface area contributed by atoms with Crippen molar-refractivity contribution < 1.29 is 14.0 Å². The van der Waals surface area contributed by atoms with Gasteiger partial charge in [-0.3, -0.25) is 9.59 Å². The van der Waals surface area contributed by atoms with Gasteiger partial charge in [0.2, 0.25) is 11.8 Å². The lowest BCUT2D eigenvalue weighted by Gasteiger charge is -2.35. The molecule has 2 amide bonds. The highest BCUT2D eigenvalue weighted by atomic mass is 19.1. The van der Waals surface area contributed by atoms with Gasteiger partial charge in [-0.25, -0.2) is 9.37 Å². The van der Waals surface area contributed by atoms with E-state index in [1.807, 2.05) is 17.0 Å². The summed E-state index contributed by atoms with van der Waals surface area (Å²) in [5.74, 6) is 0.753. The zero-order valence-corrected chi connectivity index (χ0v) is 16.3. The number of aromatic nitrogens is 1. The van der Waals surface area contributed by atoms with Crippen molar-refractivity contribution in [3.63, 3.8) is 0 Å². The minimum absolute atomic E-state index is 0.0979. The summed E-state index contributed by atoms with van der Waals surface area (Å²) in [7, 11) is 0. The van der Waals surface area contributed by atoms with Gasteiger partial charge in [0.05, 0.1) is 5.41 Å². The zero-order valence-electron chi connectivity index (χ0n) is 16.3. The number of carbonyl (C=O) groups excluding carboxylic acids is 2. The maximum atomic E-state index is 15.2. The number of pyridine rings is 1. The van der Waals surface area contributed by atoms with Crippen LogP contribution in [-0.4, -0.2) is 66.6 Å². The number of carbonyl (C=O) groups is 2. The summed E-state index contributed by atoms with van der Waals surface area (Å²) in [6, 6.07) is 3.84. The van der Waals surface area contributed by atoms with Crippen molar-refractivity contribution in [3.05, 3.63) is 23.9 Å². The SMILES string of the molecule is CC(=O)N1CCN(c2cc(CNC(=O)[C@]34CCC[C@@]3(F)CNC4)ccn2)CC1. The van der Waals surface area contributed by atoms with E-state index in [0.29, 0.717) is 39.0 Å². The number of hydrogen-bond donors (Lipinski definition) is 2. The summed E-state index contributed by atoms with van der Waals surface area (Å²) in [6.07, 6.45) is 3.55. The maximum Gasteiger partial charge on any atom is 0.231 e. The second-order valence-electron chi connectivity index (χ2n) is 8.20. The van der Waals surface area contributed by atoms with Crippen molar-refractivity contribution in [1.82, 2.24) is 20.5 Å². The van der Waals surface area contributed by atoms with Crippen molar-refractivity contribution in [2.75, 3.05) is 44.2 Å². The lowest BCUT2D eigenvalue weighted by atomic mass is 9.77. The Balaban J connectivity index is 1.38.